The van der Waals surface area contributed by atoms with E-state index in [0.29, 0.717) is 16.4 Å². The minimum atomic E-state index is -1.18. The van der Waals surface area contributed by atoms with E-state index in [2.05, 4.69) is 9.69 Å². The average molecular weight is 428 g/mol. The van der Waals surface area contributed by atoms with Crippen LogP contribution >= 0.6 is 11.5 Å². The lowest BCUT2D eigenvalue weighted by atomic mass is 9.90. The summed E-state index contributed by atoms with van der Waals surface area (Å²) in [5.41, 5.74) is 1.70. The lowest BCUT2D eigenvalue weighted by Gasteiger charge is -2.23. The fourth-order valence-corrected chi connectivity index (χ4v) is 4.25. The van der Waals surface area contributed by atoms with Gasteiger partial charge in [0, 0.05) is 12.3 Å². The molecule has 30 heavy (non-hydrogen) atoms. The highest BCUT2D eigenvalue weighted by Crippen LogP contribution is 2.43. The van der Waals surface area contributed by atoms with Gasteiger partial charge in [0.15, 0.2) is 17.2 Å². The van der Waals surface area contributed by atoms with Crippen molar-refractivity contribution in [3.05, 3.63) is 70.0 Å². The van der Waals surface area contributed by atoms with Gasteiger partial charge in [-0.2, -0.15) is 4.37 Å². The number of halogens is 1. The summed E-state index contributed by atoms with van der Waals surface area (Å²) in [5, 5.41) is 11.9. The van der Waals surface area contributed by atoms with E-state index in [9.17, 15) is 19.1 Å². The lowest BCUT2D eigenvalue weighted by Crippen LogP contribution is -2.23. The topological polar surface area (TPSA) is 97.8 Å². The van der Waals surface area contributed by atoms with Gasteiger partial charge in [0.1, 0.15) is 12.4 Å². The summed E-state index contributed by atoms with van der Waals surface area (Å²) in [6, 6.07) is 11.3. The number of aromatic nitrogens is 1. The molecule has 1 aliphatic heterocycles. The van der Waals surface area contributed by atoms with E-state index in [1.54, 1.807) is 24.3 Å². The molecule has 0 aliphatic carbocycles. The van der Waals surface area contributed by atoms with Gasteiger partial charge in [-0.25, -0.2) is 9.18 Å². The smallest absolute Gasteiger partial charge is 0.357 e. The molecule has 0 saturated carbocycles. The molecule has 2 aromatic carbocycles. The highest BCUT2D eigenvalue weighted by Gasteiger charge is 2.33. The van der Waals surface area contributed by atoms with E-state index in [-0.39, 0.29) is 42.1 Å². The predicted molar refractivity (Wildman–Crippen MR) is 108 cm³/mol. The molecule has 3 aromatic rings. The molecule has 1 aromatic heterocycles. The second-order valence-electron chi connectivity index (χ2n) is 6.71. The van der Waals surface area contributed by atoms with Crippen molar-refractivity contribution in [3.63, 3.8) is 0 Å². The first-order valence-electron chi connectivity index (χ1n) is 9.04. The number of methoxy groups -OCH3 is 1. The second kappa shape index (κ2) is 8.11. The number of nitrogens with one attached hydrogen (secondary N) is 1. The molecule has 0 bridgehead atoms. The number of carbonyl (C=O) groups excluding carboxylic acids is 1. The van der Waals surface area contributed by atoms with Crippen LogP contribution in [0.25, 0.3) is 0 Å². The summed E-state index contributed by atoms with van der Waals surface area (Å²) < 4.78 is 28.3. The van der Waals surface area contributed by atoms with Crippen molar-refractivity contribution >= 4 is 29.1 Å². The zero-order chi connectivity index (χ0) is 21.3. The van der Waals surface area contributed by atoms with Crippen molar-refractivity contribution < 1.29 is 28.6 Å². The third-order valence-corrected chi connectivity index (χ3v) is 5.75. The van der Waals surface area contributed by atoms with Crippen LogP contribution in [-0.4, -0.2) is 28.5 Å². The molecule has 1 amide bonds. The molecule has 2 heterocycles. The quantitative estimate of drug-likeness (QED) is 0.615. The first-order chi connectivity index (χ1) is 14.5. The van der Waals surface area contributed by atoms with Crippen molar-refractivity contribution in [2.45, 2.75) is 18.9 Å². The molecule has 1 atom stereocenters. The number of carbonyl (C=O) groups is 2. The molecule has 0 radical (unpaired) electrons. The molecular weight excluding hydrogens is 411 g/mol. The molecule has 4 rings (SSSR count). The number of nitrogens with zero attached hydrogens (tertiary/aromatic N) is 1. The maximum Gasteiger partial charge on any atom is 0.357 e. The zero-order valence-electron chi connectivity index (χ0n) is 15.8. The Morgan fingerprint density at radius 3 is 2.73 bits per heavy atom. The molecular formula is C21H17FN2O5S. The predicted octanol–water partition coefficient (Wildman–Crippen LogP) is 4.04. The van der Waals surface area contributed by atoms with Gasteiger partial charge in [-0.3, -0.25) is 4.79 Å². The number of carboxylic acid groups (broad SMARTS) is 1. The van der Waals surface area contributed by atoms with Crippen LogP contribution in [-0.2, 0) is 11.4 Å². The summed E-state index contributed by atoms with van der Waals surface area (Å²) in [7, 11) is 1.51. The Kier molecular flexibility index (Phi) is 5.37. The number of hydrogen-bond acceptors (Lipinski definition) is 6. The van der Waals surface area contributed by atoms with E-state index in [1.165, 1.54) is 19.2 Å². The summed E-state index contributed by atoms with van der Waals surface area (Å²) in [6.07, 6.45) is 0.174. The summed E-state index contributed by atoms with van der Waals surface area (Å²) in [6.45, 7) is 0.239. The molecule has 0 unspecified atom stereocenters. The Balaban J connectivity index is 1.61. The first kappa shape index (κ1) is 19.8. The maximum absolute atomic E-state index is 13.0. The fourth-order valence-electron chi connectivity index (χ4n) is 3.31. The van der Waals surface area contributed by atoms with E-state index < -0.39 is 5.97 Å². The van der Waals surface area contributed by atoms with Crippen molar-refractivity contribution in [3.8, 4) is 11.5 Å². The third kappa shape index (κ3) is 3.84. The van der Waals surface area contributed by atoms with Crippen LogP contribution in [0.1, 0.15) is 38.8 Å². The van der Waals surface area contributed by atoms with Crippen molar-refractivity contribution in [1.82, 2.24) is 4.37 Å². The molecule has 9 heteroatoms. The van der Waals surface area contributed by atoms with Gasteiger partial charge in [-0.1, -0.05) is 18.2 Å². The van der Waals surface area contributed by atoms with Gasteiger partial charge in [0.2, 0.25) is 5.91 Å². The van der Waals surface area contributed by atoms with Crippen LogP contribution < -0.4 is 14.8 Å². The zero-order valence-corrected chi connectivity index (χ0v) is 16.7. The molecule has 0 saturated heterocycles. The minimum absolute atomic E-state index is 0.153. The van der Waals surface area contributed by atoms with Gasteiger partial charge in [0.05, 0.1) is 17.7 Å². The van der Waals surface area contributed by atoms with Crippen LogP contribution in [0.4, 0.5) is 10.1 Å². The fraction of sp³-hybridized carbons (Fsp3) is 0.190. The van der Waals surface area contributed by atoms with Crippen LogP contribution in [0.5, 0.6) is 11.5 Å². The van der Waals surface area contributed by atoms with Gasteiger partial charge >= 0.3 is 5.97 Å². The Bertz CT molecular complexity index is 1110. The van der Waals surface area contributed by atoms with Gasteiger partial charge in [-0.05, 0) is 46.9 Å². The Morgan fingerprint density at radius 2 is 2.03 bits per heavy atom. The Labute approximate surface area is 175 Å². The summed E-state index contributed by atoms with van der Waals surface area (Å²) in [4.78, 5) is 24.2. The number of fused-ring (bicyclic) bond motifs is 1. The SMILES string of the molecule is COc1cc([C@@H]2CC(=O)Nc3c(C(=O)O)nsc32)ccc1OCc1ccc(F)cc1. The number of aromatic carboxylic acids is 1. The van der Waals surface area contributed by atoms with Crippen LogP contribution in [0, 0.1) is 5.82 Å². The largest absolute Gasteiger partial charge is 0.493 e. The number of rotatable bonds is 6. The number of ether oxygens (including phenoxy) is 2. The molecule has 154 valence electrons. The minimum Gasteiger partial charge on any atom is -0.493 e. The molecule has 7 nitrogen and oxygen atoms in total. The first-order valence-corrected chi connectivity index (χ1v) is 9.81. The number of anilines is 1. The molecule has 2 N–H and O–H groups in total. The average Bonchev–Trinajstić information content (AvgIpc) is 3.16. The molecule has 0 fully saturated rings. The van der Waals surface area contributed by atoms with Gasteiger partial charge < -0.3 is 19.9 Å². The number of amides is 1. The maximum atomic E-state index is 13.0. The highest BCUT2D eigenvalue weighted by atomic mass is 32.1. The normalized spacial score (nSPS) is 15.3. The van der Waals surface area contributed by atoms with Crippen LogP contribution in [0.15, 0.2) is 42.5 Å². The summed E-state index contributed by atoms with van der Waals surface area (Å²) >= 11 is 1.06. The number of hydrogen-bond donors (Lipinski definition) is 2. The van der Waals surface area contributed by atoms with Crippen LogP contribution in [0.2, 0.25) is 0 Å². The lowest BCUT2D eigenvalue weighted by molar-refractivity contribution is -0.116. The second-order valence-corrected chi connectivity index (χ2v) is 7.51. The standard InChI is InChI=1S/C21H17FN2O5S/c1-28-16-8-12(4-7-15(16)29-10-11-2-5-13(22)6-3-11)14-9-17(25)23-18-19(21(26)27)24-30-20(14)18/h2-8,14H,9-10H2,1H3,(H,23,25)(H,26,27)/t14-/m0/s1. The molecule has 0 spiro atoms. The van der Waals surface area contributed by atoms with Crippen molar-refractivity contribution in [1.29, 1.82) is 0 Å². The van der Waals surface area contributed by atoms with Gasteiger partial charge in [-0.15, -0.1) is 0 Å². The monoisotopic (exact) mass is 428 g/mol. The molecule has 1 aliphatic rings. The van der Waals surface area contributed by atoms with E-state index in [4.69, 9.17) is 9.47 Å². The number of benzene rings is 2. The Morgan fingerprint density at radius 1 is 1.27 bits per heavy atom. The Hall–Kier alpha value is -3.46. The van der Waals surface area contributed by atoms with Crippen molar-refractivity contribution in [2.75, 3.05) is 12.4 Å². The van der Waals surface area contributed by atoms with Gasteiger partial charge in [0.25, 0.3) is 0 Å². The highest BCUT2D eigenvalue weighted by molar-refractivity contribution is 7.06. The third-order valence-electron chi connectivity index (χ3n) is 4.79. The van der Waals surface area contributed by atoms with E-state index in [1.807, 2.05) is 6.07 Å². The van der Waals surface area contributed by atoms with E-state index in [0.717, 1.165) is 22.7 Å². The van der Waals surface area contributed by atoms with E-state index >= 15 is 0 Å². The summed E-state index contributed by atoms with van der Waals surface area (Å²) in [5.74, 6) is -1.13. The number of carboxylic acids is 1. The van der Waals surface area contributed by atoms with Crippen molar-refractivity contribution in [2.24, 2.45) is 0 Å². The van der Waals surface area contributed by atoms with Crippen LogP contribution in [0.3, 0.4) is 0 Å².